The number of rotatable bonds is 3. The van der Waals surface area contributed by atoms with E-state index in [9.17, 15) is 0 Å². The van der Waals surface area contributed by atoms with Crippen LogP contribution in [-0.2, 0) is 6.42 Å². The molecule has 20 heavy (non-hydrogen) atoms. The predicted molar refractivity (Wildman–Crippen MR) is 87.8 cm³/mol. The van der Waals surface area contributed by atoms with E-state index >= 15 is 0 Å². The number of nitrogens with zero attached hydrogens (tertiary/aromatic N) is 1. The molecule has 0 bridgehead atoms. The summed E-state index contributed by atoms with van der Waals surface area (Å²) in [7, 11) is 0. The molecule has 102 valence electrons. The lowest BCUT2D eigenvalue weighted by Crippen LogP contribution is -2.00. The van der Waals surface area contributed by atoms with Crippen LogP contribution in [0.15, 0.2) is 42.5 Å². The Bertz CT molecular complexity index is 694. The first-order valence-electron chi connectivity index (χ1n) is 6.70. The highest BCUT2D eigenvalue weighted by Crippen LogP contribution is 2.32. The summed E-state index contributed by atoms with van der Waals surface area (Å²) >= 11 is 8.38. The first-order valence-corrected chi connectivity index (χ1v) is 7.95. The summed E-state index contributed by atoms with van der Waals surface area (Å²) in [6.07, 6.45) is 0.784. The third kappa shape index (κ3) is 2.58. The van der Waals surface area contributed by atoms with Crippen LogP contribution in [0.3, 0.4) is 0 Å². The summed E-state index contributed by atoms with van der Waals surface area (Å²) < 4.78 is 1.23. The fourth-order valence-corrected chi connectivity index (χ4v) is 4.18. The molecule has 2 aromatic carbocycles. The second-order valence-corrected chi connectivity index (χ2v) is 6.69. The maximum Gasteiger partial charge on any atom is 0.0956 e. The van der Waals surface area contributed by atoms with Crippen molar-refractivity contribution < 1.29 is 0 Å². The van der Waals surface area contributed by atoms with Crippen LogP contribution in [0.2, 0.25) is 0 Å². The maximum atomic E-state index is 6.65. The SMILES string of the molecule is Cc1cccc(C)c1C(Cl)Cc1nc2ccccc2s1. The van der Waals surface area contributed by atoms with E-state index in [-0.39, 0.29) is 5.38 Å². The molecule has 0 aliphatic heterocycles. The Labute approximate surface area is 128 Å². The second kappa shape index (κ2) is 5.55. The standard InChI is InChI=1S/C17H16ClNS/c1-11-6-5-7-12(2)17(11)13(18)10-16-19-14-8-3-4-9-15(14)20-16/h3-9,13H,10H2,1-2H3. The van der Waals surface area contributed by atoms with E-state index in [2.05, 4.69) is 49.2 Å². The summed E-state index contributed by atoms with van der Waals surface area (Å²) in [5, 5.41) is 1.09. The average molecular weight is 302 g/mol. The molecule has 1 nitrogen and oxygen atoms in total. The van der Waals surface area contributed by atoms with Gasteiger partial charge >= 0.3 is 0 Å². The van der Waals surface area contributed by atoms with E-state index in [1.165, 1.54) is 21.4 Å². The number of fused-ring (bicyclic) bond motifs is 1. The number of aromatic nitrogens is 1. The molecule has 3 heteroatoms. The van der Waals surface area contributed by atoms with Gasteiger partial charge in [0, 0.05) is 6.42 Å². The monoisotopic (exact) mass is 301 g/mol. The van der Waals surface area contributed by atoms with E-state index in [1.54, 1.807) is 11.3 Å². The van der Waals surface area contributed by atoms with Crippen molar-refractivity contribution in [2.45, 2.75) is 25.6 Å². The molecule has 3 aromatic rings. The van der Waals surface area contributed by atoms with Gasteiger partial charge in [-0.3, -0.25) is 0 Å². The Morgan fingerprint density at radius 3 is 2.45 bits per heavy atom. The number of benzene rings is 2. The fraction of sp³-hybridized carbons (Fsp3) is 0.235. The van der Waals surface area contributed by atoms with Crippen molar-refractivity contribution in [1.82, 2.24) is 4.98 Å². The van der Waals surface area contributed by atoms with Gasteiger partial charge in [-0.2, -0.15) is 0 Å². The highest BCUT2D eigenvalue weighted by molar-refractivity contribution is 7.18. The summed E-state index contributed by atoms with van der Waals surface area (Å²) in [6, 6.07) is 14.6. The van der Waals surface area contributed by atoms with Gasteiger partial charge in [0.05, 0.1) is 20.6 Å². The molecule has 0 saturated carbocycles. The van der Waals surface area contributed by atoms with Gasteiger partial charge in [0.2, 0.25) is 0 Å². The summed E-state index contributed by atoms with van der Waals surface area (Å²) in [4.78, 5) is 4.67. The molecule has 0 radical (unpaired) electrons. The van der Waals surface area contributed by atoms with Gasteiger partial charge < -0.3 is 0 Å². The van der Waals surface area contributed by atoms with Crippen LogP contribution in [-0.4, -0.2) is 4.98 Å². The zero-order valence-electron chi connectivity index (χ0n) is 11.6. The zero-order valence-corrected chi connectivity index (χ0v) is 13.1. The van der Waals surface area contributed by atoms with Gasteiger partial charge in [-0.1, -0.05) is 30.3 Å². The molecule has 0 amide bonds. The van der Waals surface area contributed by atoms with Crippen LogP contribution in [0.25, 0.3) is 10.2 Å². The minimum atomic E-state index is -0.0169. The molecule has 0 saturated heterocycles. The number of para-hydroxylation sites is 1. The van der Waals surface area contributed by atoms with Crippen LogP contribution < -0.4 is 0 Å². The first kappa shape index (κ1) is 13.6. The van der Waals surface area contributed by atoms with Crippen molar-refractivity contribution in [2.24, 2.45) is 0 Å². The minimum absolute atomic E-state index is 0.0169. The van der Waals surface area contributed by atoms with Gasteiger partial charge in [-0.15, -0.1) is 22.9 Å². The molecule has 0 fully saturated rings. The predicted octanol–water partition coefficient (Wildman–Crippen LogP) is 5.44. The Hall–Kier alpha value is -1.38. The molecular weight excluding hydrogens is 286 g/mol. The Morgan fingerprint density at radius 2 is 1.75 bits per heavy atom. The lowest BCUT2D eigenvalue weighted by atomic mass is 9.98. The highest BCUT2D eigenvalue weighted by Gasteiger charge is 2.16. The van der Waals surface area contributed by atoms with E-state index in [4.69, 9.17) is 11.6 Å². The molecular formula is C17H16ClNS. The molecule has 1 unspecified atom stereocenters. The molecule has 1 atom stereocenters. The molecule has 0 aliphatic rings. The van der Waals surface area contributed by atoms with Gasteiger partial charge in [0.25, 0.3) is 0 Å². The number of hydrogen-bond acceptors (Lipinski definition) is 2. The normalized spacial score (nSPS) is 12.8. The lowest BCUT2D eigenvalue weighted by Gasteiger charge is -2.14. The number of aryl methyl sites for hydroxylation is 2. The second-order valence-electron chi connectivity index (χ2n) is 5.05. The van der Waals surface area contributed by atoms with Crippen molar-refractivity contribution in [3.63, 3.8) is 0 Å². The summed E-state index contributed by atoms with van der Waals surface area (Å²) in [5.74, 6) is 0. The van der Waals surface area contributed by atoms with Crippen LogP contribution in [0.1, 0.15) is 27.1 Å². The first-order chi connectivity index (χ1) is 9.65. The van der Waals surface area contributed by atoms with Crippen molar-refractivity contribution in [3.05, 3.63) is 64.2 Å². The molecule has 1 aromatic heterocycles. The van der Waals surface area contributed by atoms with E-state index in [0.29, 0.717) is 0 Å². The lowest BCUT2D eigenvalue weighted by molar-refractivity contribution is 0.892. The Balaban J connectivity index is 1.90. The largest absolute Gasteiger partial charge is 0.241 e. The smallest absolute Gasteiger partial charge is 0.0956 e. The minimum Gasteiger partial charge on any atom is -0.241 e. The quantitative estimate of drug-likeness (QED) is 0.587. The van der Waals surface area contributed by atoms with Crippen LogP contribution >= 0.6 is 22.9 Å². The van der Waals surface area contributed by atoms with E-state index < -0.39 is 0 Å². The maximum absolute atomic E-state index is 6.65. The topological polar surface area (TPSA) is 12.9 Å². The summed E-state index contributed by atoms with van der Waals surface area (Å²) in [6.45, 7) is 4.24. The van der Waals surface area contributed by atoms with Crippen molar-refractivity contribution in [2.75, 3.05) is 0 Å². The van der Waals surface area contributed by atoms with Crippen LogP contribution in [0.4, 0.5) is 0 Å². The zero-order chi connectivity index (χ0) is 14.1. The third-order valence-electron chi connectivity index (χ3n) is 3.55. The van der Waals surface area contributed by atoms with Crippen LogP contribution in [0.5, 0.6) is 0 Å². The van der Waals surface area contributed by atoms with Crippen molar-refractivity contribution in [3.8, 4) is 0 Å². The highest BCUT2D eigenvalue weighted by atomic mass is 35.5. The summed E-state index contributed by atoms with van der Waals surface area (Å²) in [5.41, 5.74) is 4.82. The van der Waals surface area contributed by atoms with Gasteiger partial charge in [-0.05, 0) is 42.7 Å². The Kier molecular flexibility index (Phi) is 3.77. The molecule has 0 spiro atoms. The molecule has 0 aliphatic carbocycles. The van der Waals surface area contributed by atoms with Crippen molar-refractivity contribution in [1.29, 1.82) is 0 Å². The van der Waals surface area contributed by atoms with E-state index in [1.807, 2.05) is 12.1 Å². The average Bonchev–Trinajstić information content (AvgIpc) is 2.80. The van der Waals surface area contributed by atoms with Gasteiger partial charge in [0.15, 0.2) is 0 Å². The number of thiazole rings is 1. The molecule has 0 N–H and O–H groups in total. The van der Waals surface area contributed by atoms with E-state index in [0.717, 1.165) is 16.9 Å². The number of halogens is 1. The molecule has 1 heterocycles. The van der Waals surface area contributed by atoms with Crippen molar-refractivity contribution >= 4 is 33.2 Å². The Morgan fingerprint density at radius 1 is 1.05 bits per heavy atom. The number of hydrogen-bond donors (Lipinski definition) is 0. The van der Waals surface area contributed by atoms with Gasteiger partial charge in [-0.25, -0.2) is 4.98 Å². The number of alkyl halides is 1. The fourth-order valence-electron chi connectivity index (χ4n) is 2.58. The van der Waals surface area contributed by atoms with Crippen LogP contribution in [0, 0.1) is 13.8 Å². The third-order valence-corrected chi connectivity index (χ3v) is 4.98. The van der Waals surface area contributed by atoms with Gasteiger partial charge in [0.1, 0.15) is 0 Å². The molecule has 3 rings (SSSR count).